The zero-order chi connectivity index (χ0) is 16.3. The molecule has 1 N–H and O–H groups in total. The van der Waals surface area contributed by atoms with Crippen LogP contribution >= 0.6 is 11.3 Å². The molecule has 1 atom stereocenters. The average Bonchev–Trinajstić information content (AvgIpc) is 3.00. The third kappa shape index (κ3) is 3.59. The molecule has 6 heteroatoms. The van der Waals surface area contributed by atoms with Crippen molar-refractivity contribution in [3.05, 3.63) is 45.7 Å². The van der Waals surface area contributed by atoms with Gasteiger partial charge in [-0.2, -0.15) is 0 Å². The molecule has 1 saturated heterocycles. The Hall–Kier alpha value is -1.79. The molecule has 1 amide bonds. The minimum Gasteiger partial charge on any atom is -0.367 e. The number of ether oxygens (including phenoxy) is 1. The Balaban J connectivity index is 1.61. The van der Waals surface area contributed by atoms with Gasteiger partial charge in [0.2, 0.25) is 0 Å². The maximum atomic E-state index is 12.1. The van der Waals surface area contributed by atoms with Crippen LogP contribution in [0.3, 0.4) is 0 Å². The molecule has 1 aliphatic heterocycles. The molecule has 23 heavy (non-hydrogen) atoms. The summed E-state index contributed by atoms with van der Waals surface area (Å²) in [4.78, 5) is 21.8. The summed E-state index contributed by atoms with van der Waals surface area (Å²) in [5, 5.41) is 4.83. The van der Waals surface area contributed by atoms with E-state index in [-0.39, 0.29) is 11.5 Å². The van der Waals surface area contributed by atoms with Gasteiger partial charge in [-0.05, 0) is 50.1 Å². The quantitative estimate of drug-likeness (QED) is 0.934. The van der Waals surface area contributed by atoms with E-state index in [1.165, 1.54) is 11.3 Å². The van der Waals surface area contributed by atoms with Crippen LogP contribution in [0.2, 0.25) is 0 Å². The summed E-state index contributed by atoms with van der Waals surface area (Å²) in [6, 6.07) is 1.95. The standard InChI is InChI=1S/C17H21N3O2S/c1-12-5-8-23-14(12)15(21)18-9-13-10-19-16(20-11-13)17(2)6-3-4-7-22-17/h5,8,10-11H,3-4,6-7,9H2,1-2H3,(H,18,21). The van der Waals surface area contributed by atoms with E-state index in [0.29, 0.717) is 6.54 Å². The first-order valence-electron chi connectivity index (χ1n) is 7.86. The number of hydrogen-bond donors (Lipinski definition) is 1. The van der Waals surface area contributed by atoms with E-state index in [9.17, 15) is 4.79 Å². The summed E-state index contributed by atoms with van der Waals surface area (Å²) in [7, 11) is 0. The van der Waals surface area contributed by atoms with Crippen molar-refractivity contribution in [3.8, 4) is 0 Å². The van der Waals surface area contributed by atoms with Crippen LogP contribution in [-0.4, -0.2) is 22.5 Å². The van der Waals surface area contributed by atoms with Gasteiger partial charge in [-0.25, -0.2) is 9.97 Å². The van der Waals surface area contributed by atoms with Gasteiger partial charge in [-0.1, -0.05) is 0 Å². The Morgan fingerprint density at radius 3 is 2.78 bits per heavy atom. The fraction of sp³-hybridized carbons (Fsp3) is 0.471. The Bertz CT molecular complexity index is 675. The number of amides is 1. The fourth-order valence-corrected chi connectivity index (χ4v) is 3.54. The molecule has 0 aromatic carbocycles. The van der Waals surface area contributed by atoms with Crippen molar-refractivity contribution in [1.82, 2.24) is 15.3 Å². The number of aromatic nitrogens is 2. The van der Waals surface area contributed by atoms with Crippen molar-refractivity contribution in [2.45, 2.75) is 45.3 Å². The first-order chi connectivity index (χ1) is 11.1. The van der Waals surface area contributed by atoms with Crippen molar-refractivity contribution in [2.75, 3.05) is 6.61 Å². The van der Waals surface area contributed by atoms with Crippen LogP contribution < -0.4 is 5.32 Å². The van der Waals surface area contributed by atoms with Crippen LogP contribution in [0.15, 0.2) is 23.8 Å². The molecular weight excluding hydrogens is 310 g/mol. The van der Waals surface area contributed by atoms with Gasteiger partial charge in [-0.15, -0.1) is 11.3 Å². The monoisotopic (exact) mass is 331 g/mol. The van der Waals surface area contributed by atoms with Crippen LogP contribution in [0.25, 0.3) is 0 Å². The van der Waals surface area contributed by atoms with Gasteiger partial charge in [0.05, 0.1) is 4.88 Å². The minimum atomic E-state index is -0.381. The van der Waals surface area contributed by atoms with Gasteiger partial charge in [-0.3, -0.25) is 4.79 Å². The van der Waals surface area contributed by atoms with Crippen LogP contribution in [0.4, 0.5) is 0 Å². The lowest BCUT2D eigenvalue weighted by Gasteiger charge is -2.32. The second-order valence-electron chi connectivity index (χ2n) is 6.07. The number of aryl methyl sites for hydroxylation is 1. The maximum absolute atomic E-state index is 12.1. The number of thiophene rings is 1. The lowest BCUT2D eigenvalue weighted by atomic mass is 9.95. The number of carbonyl (C=O) groups is 1. The highest BCUT2D eigenvalue weighted by Crippen LogP contribution is 2.32. The van der Waals surface area contributed by atoms with Gasteiger partial charge in [0.1, 0.15) is 5.60 Å². The molecule has 1 aliphatic rings. The molecule has 0 aliphatic carbocycles. The Labute approximate surface area is 140 Å². The van der Waals surface area contributed by atoms with E-state index in [1.807, 2.05) is 25.3 Å². The number of nitrogens with zero attached hydrogens (tertiary/aromatic N) is 2. The van der Waals surface area contributed by atoms with Crippen molar-refractivity contribution in [3.63, 3.8) is 0 Å². The highest BCUT2D eigenvalue weighted by atomic mass is 32.1. The summed E-state index contributed by atoms with van der Waals surface area (Å²) >= 11 is 1.45. The van der Waals surface area contributed by atoms with Crippen LogP contribution in [-0.2, 0) is 16.9 Å². The largest absolute Gasteiger partial charge is 0.367 e. The third-order valence-electron chi connectivity index (χ3n) is 4.17. The first kappa shape index (κ1) is 16.1. The Kier molecular flexibility index (Phi) is 4.73. The predicted molar refractivity (Wildman–Crippen MR) is 89.4 cm³/mol. The lowest BCUT2D eigenvalue weighted by Crippen LogP contribution is -2.32. The number of nitrogens with one attached hydrogen (secondary N) is 1. The topological polar surface area (TPSA) is 64.1 Å². The van der Waals surface area contributed by atoms with E-state index >= 15 is 0 Å². The molecule has 0 spiro atoms. The normalized spacial score (nSPS) is 21.1. The summed E-state index contributed by atoms with van der Waals surface area (Å²) in [5.74, 6) is 0.672. The molecule has 122 valence electrons. The van der Waals surface area contributed by atoms with Crippen molar-refractivity contribution in [1.29, 1.82) is 0 Å². The maximum Gasteiger partial charge on any atom is 0.261 e. The molecule has 2 aromatic rings. The van der Waals surface area contributed by atoms with Crippen molar-refractivity contribution >= 4 is 17.2 Å². The van der Waals surface area contributed by atoms with Gasteiger partial charge in [0.25, 0.3) is 5.91 Å². The van der Waals surface area contributed by atoms with Crippen molar-refractivity contribution < 1.29 is 9.53 Å². The average molecular weight is 331 g/mol. The van der Waals surface area contributed by atoms with Gasteiger partial charge in [0.15, 0.2) is 5.82 Å². The summed E-state index contributed by atoms with van der Waals surface area (Å²) in [6.07, 6.45) is 6.72. The van der Waals surface area contributed by atoms with E-state index in [1.54, 1.807) is 12.4 Å². The SMILES string of the molecule is Cc1ccsc1C(=O)NCc1cnc(C2(C)CCCCO2)nc1. The summed E-state index contributed by atoms with van der Waals surface area (Å²) < 4.78 is 5.86. The van der Waals surface area contributed by atoms with Crippen LogP contribution in [0, 0.1) is 6.92 Å². The zero-order valence-electron chi connectivity index (χ0n) is 13.5. The van der Waals surface area contributed by atoms with Crippen LogP contribution in [0.5, 0.6) is 0 Å². The summed E-state index contributed by atoms with van der Waals surface area (Å²) in [5.41, 5.74) is 1.51. The lowest BCUT2D eigenvalue weighted by molar-refractivity contribution is -0.0760. The van der Waals surface area contributed by atoms with E-state index in [2.05, 4.69) is 15.3 Å². The number of rotatable bonds is 4. The van der Waals surface area contributed by atoms with Gasteiger partial charge < -0.3 is 10.1 Å². The molecule has 1 unspecified atom stereocenters. The zero-order valence-corrected chi connectivity index (χ0v) is 14.3. The van der Waals surface area contributed by atoms with E-state index < -0.39 is 0 Å². The van der Waals surface area contributed by atoms with Crippen molar-refractivity contribution in [2.24, 2.45) is 0 Å². The van der Waals surface area contributed by atoms with Crippen LogP contribution in [0.1, 0.15) is 52.8 Å². The second-order valence-corrected chi connectivity index (χ2v) is 6.98. The molecule has 3 heterocycles. The predicted octanol–water partition coefficient (Wildman–Crippen LogP) is 3.19. The molecule has 5 nitrogen and oxygen atoms in total. The Morgan fingerprint density at radius 2 is 2.17 bits per heavy atom. The highest BCUT2D eigenvalue weighted by molar-refractivity contribution is 7.12. The number of hydrogen-bond acceptors (Lipinski definition) is 5. The molecule has 1 fully saturated rings. The first-order valence-corrected chi connectivity index (χ1v) is 8.74. The van der Waals surface area contributed by atoms with E-state index in [0.717, 1.165) is 47.7 Å². The molecule has 0 radical (unpaired) electrons. The van der Waals surface area contributed by atoms with E-state index in [4.69, 9.17) is 4.74 Å². The Morgan fingerprint density at radius 1 is 1.39 bits per heavy atom. The minimum absolute atomic E-state index is 0.0517. The second kappa shape index (κ2) is 6.76. The van der Waals surface area contributed by atoms with Gasteiger partial charge in [0, 0.05) is 31.1 Å². The molecule has 2 aromatic heterocycles. The molecular formula is C17H21N3O2S. The highest BCUT2D eigenvalue weighted by Gasteiger charge is 2.32. The fourth-order valence-electron chi connectivity index (χ4n) is 2.70. The molecule has 3 rings (SSSR count). The molecule has 0 saturated carbocycles. The summed E-state index contributed by atoms with van der Waals surface area (Å²) in [6.45, 7) is 5.17. The third-order valence-corrected chi connectivity index (χ3v) is 5.18. The molecule has 0 bridgehead atoms. The van der Waals surface area contributed by atoms with Gasteiger partial charge >= 0.3 is 0 Å². The number of carbonyl (C=O) groups excluding carboxylic acids is 1. The smallest absolute Gasteiger partial charge is 0.261 e.